The molecule has 6 heterocycles. The van der Waals surface area contributed by atoms with Crippen LogP contribution in [0.15, 0.2) is 425 Å². The third-order valence-electron chi connectivity index (χ3n) is 28.8. The third kappa shape index (κ3) is 14.5. The maximum atomic E-state index is 10.7. The van der Waals surface area contributed by atoms with Gasteiger partial charge >= 0.3 is 0 Å². The lowest BCUT2D eigenvalue weighted by atomic mass is 9.68. The zero-order chi connectivity index (χ0) is 93.9. The van der Waals surface area contributed by atoms with Crippen LogP contribution >= 0.6 is 11.3 Å². The molecule has 18 aromatic carbocycles. The predicted molar refractivity (Wildman–Crippen MR) is 576 cm³/mol. The molecule has 139 heavy (non-hydrogen) atoms. The summed E-state index contributed by atoms with van der Waals surface area (Å²) in [6.07, 6.45) is 4.60. The van der Waals surface area contributed by atoms with Crippen LogP contribution in [-0.2, 0) is 17.3 Å². The van der Waals surface area contributed by atoms with Crippen LogP contribution in [0, 0.1) is 50.4 Å². The van der Waals surface area contributed by atoms with Crippen LogP contribution in [-0.4, -0.2) is 9.97 Å². The van der Waals surface area contributed by atoms with Gasteiger partial charge in [0.05, 0.1) is 62.9 Å². The first kappa shape index (κ1) is 84.5. The monoisotopic (exact) mass is 1800 g/mol. The summed E-state index contributed by atoms with van der Waals surface area (Å²) < 4.78 is 8.55. The van der Waals surface area contributed by atoms with E-state index in [9.17, 15) is 10.5 Å². The summed E-state index contributed by atoms with van der Waals surface area (Å²) >= 11 is 1.76. The molecule has 21 aromatic rings. The van der Waals surface area contributed by atoms with E-state index in [-0.39, 0.29) is 5.41 Å². The van der Waals surface area contributed by atoms with Crippen LogP contribution in [0.5, 0.6) is 11.5 Å². The average molecular weight is 1810 g/mol. The van der Waals surface area contributed by atoms with Gasteiger partial charge in [-0.05, 0) is 321 Å². The Hall–Kier alpha value is -17.5. The lowest BCUT2D eigenvalue weighted by molar-refractivity contribution is 0.474. The van der Waals surface area contributed by atoms with Crippen LogP contribution in [0.25, 0.3) is 98.0 Å². The van der Waals surface area contributed by atoms with Gasteiger partial charge in [0.25, 0.3) is 0 Å². The van der Waals surface area contributed by atoms with Crippen molar-refractivity contribution in [2.24, 2.45) is 0 Å². The molecule has 0 unspecified atom stereocenters. The minimum atomic E-state index is -0.555. The highest BCUT2D eigenvalue weighted by Gasteiger charge is 2.43. The van der Waals surface area contributed by atoms with Crippen LogP contribution in [0.2, 0.25) is 0 Å². The molecule has 662 valence electrons. The highest BCUT2D eigenvalue weighted by Crippen LogP contribution is 2.60. The number of rotatable bonds is 17. The van der Waals surface area contributed by atoms with Crippen molar-refractivity contribution in [3.63, 3.8) is 0 Å². The first-order valence-electron chi connectivity index (χ1n) is 47.4. The van der Waals surface area contributed by atoms with Crippen LogP contribution in [0.4, 0.5) is 85.3 Å². The Morgan fingerprint density at radius 2 is 0.849 bits per heavy atom. The second-order valence-electron chi connectivity index (χ2n) is 37.4. The Kier molecular flexibility index (Phi) is 20.8. The Labute approximate surface area is 814 Å². The number of benzene rings is 18. The largest absolute Gasteiger partial charge is 0.453 e. The summed E-state index contributed by atoms with van der Waals surface area (Å²) in [6, 6.07) is 154. The van der Waals surface area contributed by atoms with Gasteiger partial charge in [-0.1, -0.05) is 257 Å². The molecule has 3 aliphatic heterocycles. The van der Waals surface area contributed by atoms with Gasteiger partial charge < -0.3 is 29.2 Å². The summed E-state index contributed by atoms with van der Waals surface area (Å²) in [5.41, 5.74) is 38.8. The number of para-hydroxylation sites is 10. The van der Waals surface area contributed by atoms with E-state index in [0.29, 0.717) is 23.1 Å². The quantitative estimate of drug-likeness (QED) is 0.0876. The van der Waals surface area contributed by atoms with Gasteiger partial charge in [0.1, 0.15) is 4.83 Å². The standard InChI is InChI=1S/C128H93N9OS/c1-81-65-108(105-62-63-131-126-125(105)106-41-18-30-53-123(106)139-126)82(2)64-107(81)92-73-102(135-115-47-24-19-42-109(115)127(5,6)110-43-20-25-48-116(110)135)76-103(74-92)136-117-49-26-21-44-111(117)128(7,112-45-22-27-50-118(112)136)77-85-54-60-120-122(66-85)138-121-52-29-28-51-119(121)137(120)114-61-59-104(124(84(114)4)87-57-55-86(56-58-87)95-67-89-32-17-23-46-113(89)132-80-95)88-33-31-40-99(70-88)134(98-38-15-10-16-39-98)101-72-91(90-68-93(78-129)83(3)94(69-90)79-130)71-100(75-101)133(96-34-11-8-12-35-96)97-36-13-9-14-37-97/h8-76,80H,77H2,1-7H3. The molecule has 11 heteroatoms. The van der Waals surface area contributed by atoms with Gasteiger partial charge in [-0.25, -0.2) is 4.98 Å². The summed E-state index contributed by atoms with van der Waals surface area (Å²) in [5.74, 6) is 1.51. The predicted octanol–water partition coefficient (Wildman–Crippen LogP) is 34.9. The van der Waals surface area contributed by atoms with Gasteiger partial charge in [-0.15, -0.1) is 11.3 Å². The van der Waals surface area contributed by atoms with E-state index in [4.69, 9.17) is 14.7 Å². The molecule has 0 saturated heterocycles. The fraction of sp³-hybridized carbons (Fsp3) is 0.0781. The number of ether oxygens (including phenoxy) is 1. The van der Waals surface area contributed by atoms with E-state index in [2.05, 4.69) is 460 Å². The van der Waals surface area contributed by atoms with Crippen LogP contribution in [0.1, 0.15) is 82.0 Å². The second-order valence-corrected chi connectivity index (χ2v) is 38.5. The SMILES string of the molecule is Cc1cc(-c2ccnc3sc4ccccc4c23)c(C)cc1-c1cc(N2c3ccccc3C(C)(C)c3ccccc32)cc(N2c3ccccc3C(C)(Cc3ccc4c(c3)Oc3ccccc3N4c3ccc(-c4cccc(N(c5ccccc5)c5cc(-c6cc(C#N)c(C)c(C#N)c6)cc(N(c6ccccc6)c6ccccc6)c5)c4)c(-c4ccc(-c5cnc6ccccc6c5)cc4)c3C)c3ccccc32)c1. The third-order valence-corrected chi connectivity index (χ3v) is 29.8. The molecule has 10 nitrogen and oxygen atoms in total. The van der Waals surface area contributed by atoms with Crippen molar-refractivity contribution in [2.45, 2.75) is 65.7 Å². The molecule has 0 bridgehead atoms. The van der Waals surface area contributed by atoms with E-state index in [1.54, 1.807) is 11.3 Å². The molecule has 0 atom stereocenters. The van der Waals surface area contributed by atoms with E-state index >= 15 is 0 Å². The number of aromatic nitrogens is 2. The van der Waals surface area contributed by atoms with Gasteiger partial charge in [-0.2, -0.15) is 10.5 Å². The van der Waals surface area contributed by atoms with Crippen molar-refractivity contribution in [1.82, 2.24) is 9.97 Å². The number of fused-ring (bicyclic) bond motifs is 10. The molecular weight excluding hydrogens is 1710 g/mol. The van der Waals surface area contributed by atoms with E-state index < -0.39 is 5.41 Å². The van der Waals surface area contributed by atoms with Crippen molar-refractivity contribution in [2.75, 3.05) is 24.5 Å². The summed E-state index contributed by atoms with van der Waals surface area (Å²) in [5, 5.41) is 24.8. The maximum Gasteiger partial charge on any atom is 0.151 e. The first-order valence-corrected chi connectivity index (χ1v) is 48.2. The van der Waals surface area contributed by atoms with Crippen LogP contribution in [0.3, 0.4) is 0 Å². The summed E-state index contributed by atoms with van der Waals surface area (Å²) in [4.78, 5) is 22.9. The number of hydrogen-bond acceptors (Lipinski definition) is 11. The molecule has 0 saturated carbocycles. The molecule has 0 N–H and O–H groups in total. The molecule has 0 fully saturated rings. The smallest absolute Gasteiger partial charge is 0.151 e. The Morgan fingerprint density at radius 3 is 1.49 bits per heavy atom. The van der Waals surface area contributed by atoms with Crippen molar-refractivity contribution in [1.29, 1.82) is 10.5 Å². The normalized spacial score (nSPS) is 13.0. The number of thiophene rings is 1. The lowest BCUT2D eigenvalue weighted by Gasteiger charge is -2.45. The topological polar surface area (TPSA) is 98.8 Å². The fourth-order valence-corrected chi connectivity index (χ4v) is 23.1. The summed E-state index contributed by atoms with van der Waals surface area (Å²) in [7, 11) is 0. The second kappa shape index (κ2) is 34.2. The molecule has 0 spiro atoms. The van der Waals surface area contributed by atoms with Gasteiger partial charge in [0.2, 0.25) is 0 Å². The molecule has 3 aromatic heterocycles. The lowest BCUT2D eigenvalue weighted by Crippen LogP contribution is -2.35. The molecule has 0 amide bonds. The molecule has 3 aliphatic rings. The molecule has 0 aliphatic carbocycles. The van der Waals surface area contributed by atoms with E-state index in [1.807, 2.05) is 49.6 Å². The number of anilines is 15. The zero-order valence-electron chi connectivity index (χ0n) is 78.0. The number of nitrogens with zero attached hydrogens (tertiary/aromatic N) is 9. The van der Waals surface area contributed by atoms with Crippen molar-refractivity contribution in [3.8, 4) is 90.4 Å². The number of pyridine rings is 2. The van der Waals surface area contributed by atoms with Crippen molar-refractivity contribution < 1.29 is 4.74 Å². The fourth-order valence-electron chi connectivity index (χ4n) is 22.0. The van der Waals surface area contributed by atoms with Crippen molar-refractivity contribution in [3.05, 3.63) is 486 Å². The molecule has 0 radical (unpaired) electrons. The van der Waals surface area contributed by atoms with Gasteiger partial charge in [0.15, 0.2) is 11.5 Å². The minimum Gasteiger partial charge on any atom is -0.453 e. The molecule has 24 rings (SSSR count). The Bertz CT molecular complexity index is 8450. The zero-order valence-corrected chi connectivity index (χ0v) is 78.8. The molecular formula is C128H93N9OS. The number of nitriles is 2. The van der Waals surface area contributed by atoms with Gasteiger partial charge in [-0.3, -0.25) is 4.98 Å². The Morgan fingerprint density at radius 1 is 0.338 bits per heavy atom. The van der Waals surface area contributed by atoms with Crippen LogP contribution < -0.4 is 29.2 Å². The van der Waals surface area contributed by atoms with E-state index in [1.165, 1.54) is 65.5 Å². The Balaban J connectivity index is 0.631. The maximum absolute atomic E-state index is 10.7. The number of aryl methyl sites for hydroxylation is 2. The average Bonchev–Trinajstić information content (AvgIpc) is 0.944. The van der Waals surface area contributed by atoms with Gasteiger partial charge in [0, 0.05) is 101 Å². The van der Waals surface area contributed by atoms with E-state index in [0.717, 1.165) is 174 Å². The highest BCUT2D eigenvalue weighted by molar-refractivity contribution is 7.25. The minimum absolute atomic E-state index is 0.263. The summed E-state index contributed by atoms with van der Waals surface area (Å²) in [6.45, 7) is 15.8. The van der Waals surface area contributed by atoms with Crippen molar-refractivity contribution >= 4 is 128 Å². The first-order chi connectivity index (χ1) is 68.1. The number of hydrogen-bond donors (Lipinski definition) is 0. The highest BCUT2D eigenvalue weighted by atomic mass is 32.1.